The molecule has 2 aliphatic rings. The summed E-state index contributed by atoms with van der Waals surface area (Å²) in [7, 11) is 0. The zero-order chi connectivity index (χ0) is 30.8. The second-order valence-electron chi connectivity index (χ2n) is 11.3. The monoisotopic (exact) mass is 609 g/mol. The summed E-state index contributed by atoms with van der Waals surface area (Å²) in [5.74, 6) is -1.99. The van der Waals surface area contributed by atoms with Gasteiger partial charge in [-0.25, -0.2) is 23.1 Å². The number of nitrogens with zero attached hydrogens (tertiary/aromatic N) is 6. The number of amides is 3. The highest BCUT2D eigenvalue weighted by Crippen LogP contribution is 2.45. The molecule has 4 aromatic rings. The molecular formula is C28H25F2N7O5S. The molecule has 43 heavy (non-hydrogen) atoms. The summed E-state index contributed by atoms with van der Waals surface area (Å²) in [6, 6.07) is 5.12. The lowest BCUT2D eigenvalue weighted by Crippen LogP contribution is -2.57. The van der Waals surface area contributed by atoms with Gasteiger partial charge in [-0.1, -0.05) is 11.3 Å². The molecule has 12 nitrogen and oxygen atoms in total. The molecule has 15 heteroatoms. The Balaban J connectivity index is 1.50. The standard InChI is InChI=1S/C28H25F2N7O5S/c1-28(2,3)42-26(39)32-24-16(11-31)19-14(4-5-17(29)23(19)43-24)20-18(30)10-15-22-21(20)33-34-37(22)7-6-13-12-35(27(40)41)8-9-36(13)25(15)38/h4-5,10,13H,6-9,12H2,1-3H3,(H,32,39)(H,40,41)/t13-/m1/s1. The van der Waals surface area contributed by atoms with Crippen LogP contribution in [0.1, 0.15) is 43.1 Å². The van der Waals surface area contributed by atoms with Crippen molar-refractivity contribution in [1.29, 1.82) is 5.26 Å². The third kappa shape index (κ3) is 4.77. The largest absolute Gasteiger partial charge is 0.465 e. The van der Waals surface area contributed by atoms with Crippen LogP contribution >= 0.6 is 11.3 Å². The van der Waals surface area contributed by atoms with Crippen LogP contribution < -0.4 is 5.32 Å². The first-order valence-electron chi connectivity index (χ1n) is 13.4. The second kappa shape index (κ2) is 10.2. The molecule has 1 atom stereocenters. The molecule has 3 amide bonds. The Labute approximate surface area is 247 Å². The minimum atomic E-state index is -1.08. The average Bonchev–Trinajstić information content (AvgIpc) is 3.51. The molecule has 1 saturated heterocycles. The third-order valence-electron chi connectivity index (χ3n) is 7.44. The van der Waals surface area contributed by atoms with Crippen molar-refractivity contribution in [1.82, 2.24) is 24.8 Å². The number of piperazine rings is 1. The van der Waals surface area contributed by atoms with Crippen LogP contribution in [0, 0.1) is 23.0 Å². The first-order chi connectivity index (χ1) is 20.4. The number of anilines is 1. The maximum atomic E-state index is 16.2. The lowest BCUT2D eigenvalue weighted by molar-refractivity contribution is 0.0417. The maximum Gasteiger partial charge on any atom is 0.412 e. The van der Waals surface area contributed by atoms with Crippen LogP contribution in [0.2, 0.25) is 0 Å². The van der Waals surface area contributed by atoms with Crippen molar-refractivity contribution in [3.63, 3.8) is 0 Å². The number of carbonyl (C=O) groups is 3. The highest BCUT2D eigenvalue weighted by molar-refractivity contribution is 7.23. The summed E-state index contributed by atoms with van der Waals surface area (Å²) in [6.07, 6.45) is -1.52. The predicted molar refractivity (Wildman–Crippen MR) is 152 cm³/mol. The Morgan fingerprint density at radius 3 is 2.65 bits per heavy atom. The molecule has 2 aliphatic heterocycles. The average molecular weight is 610 g/mol. The van der Waals surface area contributed by atoms with Gasteiger partial charge in [0.2, 0.25) is 0 Å². The molecule has 0 unspecified atom stereocenters. The van der Waals surface area contributed by atoms with E-state index in [2.05, 4.69) is 15.6 Å². The van der Waals surface area contributed by atoms with E-state index in [9.17, 15) is 24.8 Å². The lowest BCUT2D eigenvalue weighted by atomic mass is 9.94. The Bertz CT molecular complexity index is 1890. The number of aromatic nitrogens is 3. The van der Waals surface area contributed by atoms with Gasteiger partial charge in [-0.2, -0.15) is 5.26 Å². The summed E-state index contributed by atoms with van der Waals surface area (Å²) in [5.41, 5.74) is -0.494. The Morgan fingerprint density at radius 1 is 1.19 bits per heavy atom. The summed E-state index contributed by atoms with van der Waals surface area (Å²) in [6.45, 7) is 5.69. The molecular weight excluding hydrogens is 584 g/mol. The molecule has 222 valence electrons. The molecule has 2 aromatic carbocycles. The number of hydrogen-bond acceptors (Lipinski definition) is 8. The van der Waals surface area contributed by atoms with Crippen molar-refractivity contribution in [2.75, 3.05) is 25.0 Å². The quantitative estimate of drug-likeness (QED) is 0.321. The number of halogens is 2. The fourth-order valence-corrected chi connectivity index (χ4v) is 6.71. The van der Waals surface area contributed by atoms with Crippen LogP contribution in [0.25, 0.3) is 32.2 Å². The van der Waals surface area contributed by atoms with E-state index in [-0.39, 0.29) is 74.6 Å². The number of rotatable bonds is 2. The van der Waals surface area contributed by atoms with Crippen LogP contribution in [0.4, 0.5) is 23.4 Å². The van der Waals surface area contributed by atoms with Gasteiger partial charge in [0, 0.05) is 37.1 Å². The normalized spacial score (nSPS) is 16.9. The topological polar surface area (TPSA) is 154 Å². The summed E-state index contributed by atoms with van der Waals surface area (Å²) < 4.78 is 38.0. The van der Waals surface area contributed by atoms with E-state index >= 15 is 8.78 Å². The summed E-state index contributed by atoms with van der Waals surface area (Å²) >= 11 is 0.815. The zero-order valence-electron chi connectivity index (χ0n) is 23.3. The van der Waals surface area contributed by atoms with Gasteiger partial charge >= 0.3 is 12.2 Å². The van der Waals surface area contributed by atoms with Gasteiger partial charge in [-0.15, -0.1) is 16.4 Å². The van der Waals surface area contributed by atoms with E-state index in [4.69, 9.17) is 4.74 Å². The minimum absolute atomic E-state index is 0.0143. The number of aryl methyl sites for hydroxylation is 1. The van der Waals surface area contributed by atoms with Gasteiger partial charge in [0.15, 0.2) is 0 Å². The highest BCUT2D eigenvalue weighted by atomic mass is 32.1. The van der Waals surface area contributed by atoms with E-state index in [0.717, 1.165) is 23.5 Å². The smallest absolute Gasteiger partial charge is 0.412 e. The van der Waals surface area contributed by atoms with Crippen LogP contribution in [0.15, 0.2) is 18.2 Å². The highest BCUT2D eigenvalue weighted by Gasteiger charge is 2.37. The van der Waals surface area contributed by atoms with Crippen LogP contribution in [0.5, 0.6) is 0 Å². The van der Waals surface area contributed by atoms with E-state index in [1.54, 1.807) is 25.7 Å². The van der Waals surface area contributed by atoms with E-state index < -0.39 is 41.4 Å². The lowest BCUT2D eigenvalue weighted by Gasteiger charge is -2.41. The predicted octanol–water partition coefficient (Wildman–Crippen LogP) is 5.02. The molecule has 0 saturated carbocycles. The number of hydrogen-bond donors (Lipinski definition) is 2. The fourth-order valence-electron chi connectivity index (χ4n) is 5.64. The van der Waals surface area contributed by atoms with E-state index in [0.29, 0.717) is 6.42 Å². The van der Waals surface area contributed by atoms with Gasteiger partial charge < -0.3 is 19.6 Å². The van der Waals surface area contributed by atoms with Gasteiger partial charge in [0.25, 0.3) is 5.91 Å². The van der Waals surface area contributed by atoms with Crippen molar-refractivity contribution >= 4 is 55.6 Å². The molecule has 1 fully saturated rings. The fraction of sp³-hybridized carbons (Fsp3) is 0.357. The van der Waals surface area contributed by atoms with Crippen LogP contribution in [0.3, 0.4) is 0 Å². The molecule has 2 aromatic heterocycles. The molecule has 0 radical (unpaired) electrons. The van der Waals surface area contributed by atoms with Gasteiger partial charge in [-0.3, -0.25) is 10.1 Å². The van der Waals surface area contributed by atoms with Crippen LogP contribution in [-0.2, 0) is 11.3 Å². The van der Waals surface area contributed by atoms with Crippen molar-refractivity contribution in [3.05, 3.63) is 41.0 Å². The number of thiophene rings is 1. The molecule has 6 rings (SSSR count). The number of nitriles is 1. The first kappa shape index (κ1) is 28.3. The minimum Gasteiger partial charge on any atom is -0.465 e. The number of fused-ring (bicyclic) bond motifs is 2. The zero-order valence-corrected chi connectivity index (χ0v) is 24.1. The number of nitrogens with one attached hydrogen (secondary N) is 1. The summed E-state index contributed by atoms with van der Waals surface area (Å²) in [5, 5.41) is 30.5. The Kier molecular flexibility index (Phi) is 6.68. The maximum absolute atomic E-state index is 16.2. The van der Waals surface area contributed by atoms with Crippen molar-refractivity contribution in [3.8, 4) is 17.2 Å². The second-order valence-corrected chi connectivity index (χ2v) is 12.3. The molecule has 0 aliphatic carbocycles. The Morgan fingerprint density at radius 2 is 1.95 bits per heavy atom. The SMILES string of the molecule is CC(C)(C)OC(=O)Nc1sc2c(F)ccc(-c3c(F)cc4c5c3nnn5CC[C@@H]3CN(C(=O)O)CCN3C4=O)c2c1C#N. The van der Waals surface area contributed by atoms with Gasteiger partial charge in [-0.05, 0) is 44.9 Å². The van der Waals surface area contributed by atoms with E-state index in [1.807, 2.05) is 6.07 Å². The summed E-state index contributed by atoms with van der Waals surface area (Å²) in [4.78, 5) is 40.6. The number of carbonyl (C=O) groups excluding carboxylic acids is 2. The number of ether oxygens (including phenoxy) is 1. The van der Waals surface area contributed by atoms with Gasteiger partial charge in [0.1, 0.15) is 39.3 Å². The van der Waals surface area contributed by atoms with Crippen molar-refractivity contribution in [2.24, 2.45) is 0 Å². The van der Waals surface area contributed by atoms with E-state index in [1.165, 1.54) is 15.6 Å². The Hall–Kier alpha value is -4.84. The molecule has 0 bridgehead atoms. The van der Waals surface area contributed by atoms with Gasteiger partial charge in [0.05, 0.1) is 21.9 Å². The molecule has 4 heterocycles. The van der Waals surface area contributed by atoms with Crippen molar-refractivity contribution in [2.45, 2.75) is 45.4 Å². The first-order valence-corrected chi connectivity index (χ1v) is 14.2. The number of benzene rings is 2. The van der Waals surface area contributed by atoms with Crippen molar-refractivity contribution < 1.29 is 33.0 Å². The molecule has 0 spiro atoms. The number of carboxylic acid groups (broad SMARTS) is 1. The van der Waals surface area contributed by atoms with Crippen LogP contribution in [-0.4, -0.2) is 79.3 Å². The molecule has 2 N–H and O–H groups in total. The third-order valence-corrected chi connectivity index (χ3v) is 8.56.